The molecule has 0 saturated carbocycles. The monoisotopic (exact) mass is 516 g/mol. The maximum Gasteiger partial charge on any atom is 0.175 e. The zero-order valence-corrected chi connectivity index (χ0v) is 21.6. The van der Waals surface area contributed by atoms with Crippen LogP contribution in [-0.4, -0.2) is 31.1 Å². The van der Waals surface area contributed by atoms with Gasteiger partial charge in [-0.2, -0.15) is 0 Å². The summed E-state index contributed by atoms with van der Waals surface area (Å²) in [5.74, 6) is 0. The van der Waals surface area contributed by atoms with Crippen LogP contribution < -0.4 is 5.73 Å². The van der Waals surface area contributed by atoms with E-state index in [1.807, 2.05) is 31.2 Å². The fourth-order valence-electron chi connectivity index (χ4n) is 3.22. The number of nitrogens with zero attached hydrogens (tertiary/aromatic N) is 1. The number of nitrogens with two attached hydrogens (primary N) is 1. The zero-order valence-electron chi connectivity index (χ0n) is 19.3. The van der Waals surface area contributed by atoms with Crippen molar-refractivity contribution in [2.24, 2.45) is 10.7 Å². The van der Waals surface area contributed by atoms with Gasteiger partial charge in [-0.1, -0.05) is 47.5 Å². The minimum absolute atomic E-state index is 0.203. The molecule has 178 valence electrons. The van der Waals surface area contributed by atoms with E-state index in [1.54, 1.807) is 56.3 Å². The third-order valence-electron chi connectivity index (χ3n) is 5.25. The summed E-state index contributed by atoms with van der Waals surface area (Å²) < 4.78 is 23.9. The Morgan fingerprint density at radius 3 is 2.15 bits per heavy atom. The number of aliphatic imine (C=N–C) groups is 1. The molecular weight excluding hydrogens is 491 g/mol. The van der Waals surface area contributed by atoms with Gasteiger partial charge < -0.3 is 10.8 Å². The molecule has 3 aromatic carbocycles. The lowest BCUT2D eigenvalue weighted by Crippen LogP contribution is -2.28. The van der Waals surface area contributed by atoms with E-state index in [9.17, 15) is 13.5 Å². The Bertz CT molecular complexity index is 1390. The summed E-state index contributed by atoms with van der Waals surface area (Å²) in [7, 11) is -3.32. The van der Waals surface area contributed by atoms with Crippen molar-refractivity contribution in [1.82, 2.24) is 0 Å². The van der Waals surface area contributed by atoms with Gasteiger partial charge in [-0.05, 0) is 79.9 Å². The minimum atomic E-state index is -3.32. The van der Waals surface area contributed by atoms with E-state index in [-0.39, 0.29) is 10.6 Å². The molecule has 3 N–H and O–H groups in total. The molecule has 0 bridgehead atoms. The van der Waals surface area contributed by atoms with Crippen molar-refractivity contribution in [3.63, 3.8) is 0 Å². The number of rotatable bonds is 6. The molecule has 3 rings (SSSR count). The molecule has 0 radical (unpaired) electrons. The van der Waals surface area contributed by atoms with Crippen LogP contribution in [-0.2, 0) is 9.84 Å². The van der Waals surface area contributed by atoms with Crippen LogP contribution in [0.5, 0.6) is 0 Å². The first-order valence-corrected chi connectivity index (χ1v) is 13.1. The number of hydrogen-bond donors (Lipinski definition) is 2. The van der Waals surface area contributed by atoms with Crippen LogP contribution in [0, 0.1) is 6.92 Å². The lowest BCUT2D eigenvalue weighted by molar-refractivity contribution is 0.118. The summed E-state index contributed by atoms with van der Waals surface area (Å²) in [5.41, 5.74) is 9.10. The second-order valence-electron chi connectivity index (χ2n) is 8.55. The molecule has 3 aromatic rings. The Hall–Kier alpha value is -2.64. The van der Waals surface area contributed by atoms with E-state index in [0.717, 1.165) is 16.7 Å². The van der Waals surface area contributed by atoms with Crippen molar-refractivity contribution in [2.45, 2.75) is 31.3 Å². The van der Waals surface area contributed by atoms with E-state index in [2.05, 4.69) is 0 Å². The van der Waals surface area contributed by atoms with Gasteiger partial charge in [-0.15, -0.1) is 0 Å². The highest BCUT2D eigenvalue weighted by Gasteiger charge is 2.19. The van der Waals surface area contributed by atoms with Crippen molar-refractivity contribution in [2.75, 3.05) is 6.26 Å². The molecule has 0 amide bonds. The van der Waals surface area contributed by atoms with Crippen LogP contribution in [0.3, 0.4) is 0 Å². The van der Waals surface area contributed by atoms with Crippen molar-refractivity contribution in [3.8, 4) is 11.1 Å². The Balaban J connectivity index is 2.14. The molecule has 0 atom stereocenters. The van der Waals surface area contributed by atoms with E-state index < -0.39 is 15.4 Å². The van der Waals surface area contributed by atoms with Crippen molar-refractivity contribution in [1.29, 1.82) is 0 Å². The maximum absolute atomic E-state index is 11.9. The van der Waals surface area contributed by atoms with Crippen molar-refractivity contribution < 1.29 is 13.5 Å². The minimum Gasteiger partial charge on any atom is -0.400 e. The molecule has 8 heteroatoms. The van der Waals surface area contributed by atoms with Crippen LogP contribution in [0.1, 0.15) is 25.0 Å². The Kier molecular flexibility index (Phi) is 7.58. The molecule has 0 aliphatic heterocycles. The van der Waals surface area contributed by atoms with E-state index in [1.165, 1.54) is 6.26 Å². The van der Waals surface area contributed by atoms with Crippen LogP contribution in [0.4, 0.5) is 5.69 Å². The Labute approximate surface area is 210 Å². The van der Waals surface area contributed by atoms with Gasteiger partial charge in [-0.25, -0.2) is 13.4 Å². The molecule has 0 saturated heterocycles. The number of allylic oxidation sites excluding steroid dienone is 1. The zero-order chi connectivity index (χ0) is 25.3. The highest BCUT2D eigenvalue weighted by atomic mass is 35.5. The van der Waals surface area contributed by atoms with Crippen molar-refractivity contribution >= 4 is 44.4 Å². The average molecular weight is 517 g/mol. The van der Waals surface area contributed by atoms with Gasteiger partial charge >= 0.3 is 0 Å². The van der Waals surface area contributed by atoms with Crippen LogP contribution in [0.2, 0.25) is 10.0 Å². The van der Waals surface area contributed by atoms with Gasteiger partial charge in [0.05, 0.1) is 31.9 Å². The summed E-state index contributed by atoms with van der Waals surface area (Å²) in [5, 5.41) is 11.1. The molecule has 0 aliphatic carbocycles. The van der Waals surface area contributed by atoms with Gasteiger partial charge in [0.25, 0.3) is 0 Å². The SMILES string of the molecule is Cc1cc(-c2cccc(S(C)(=O)=O)c2)ccc1N=C(C=C(N)C(C)(C)O)c1c(Cl)cccc1Cl. The smallest absolute Gasteiger partial charge is 0.175 e. The summed E-state index contributed by atoms with van der Waals surface area (Å²) in [6.07, 6.45) is 2.75. The third kappa shape index (κ3) is 6.07. The van der Waals surface area contributed by atoms with E-state index >= 15 is 0 Å². The van der Waals surface area contributed by atoms with Gasteiger partial charge in [-0.3, -0.25) is 0 Å². The first kappa shape index (κ1) is 26.0. The fourth-order valence-corrected chi connectivity index (χ4v) is 4.48. The fraction of sp³-hybridized carbons (Fsp3) is 0.192. The largest absolute Gasteiger partial charge is 0.400 e. The summed E-state index contributed by atoms with van der Waals surface area (Å²) >= 11 is 12.9. The predicted octanol–water partition coefficient (Wildman–Crippen LogP) is 6.11. The number of halogens is 2. The maximum atomic E-state index is 11.9. The third-order valence-corrected chi connectivity index (χ3v) is 6.99. The molecule has 34 heavy (non-hydrogen) atoms. The molecule has 5 nitrogen and oxygen atoms in total. The number of benzene rings is 3. The van der Waals surface area contributed by atoms with Gasteiger partial charge in [0.15, 0.2) is 9.84 Å². The normalized spacial score (nSPS) is 13.3. The standard InChI is InChI=1S/C26H26Cl2N2O3S/c1-16-13-18(17-7-5-8-19(14-17)34(4,32)33)11-12-22(16)30-23(15-24(29)26(2,3)31)25-20(27)9-6-10-21(25)28/h5-15,31H,29H2,1-4H3. The summed E-state index contributed by atoms with van der Waals surface area (Å²) in [4.78, 5) is 5.04. The average Bonchev–Trinajstić information content (AvgIpc) is 2.73. The van der Waals surface area contributed by atoms with Gasteiger partial charge in [0.1, 0.15) is 0 Å². The van der Waals surface area contributed by atoms with E-state index in [0.29, 0.717) is 27.0 Å². The van der Waals surface area contributed by atoms with Crippen molar-refractivity contribution in [3.05, 3.63) is 93.6 Å². The molecule has 0 unspecified atom stereocenters. The Morgan fingerprint density at radius 2 is 1.59 bits per heavy atom. The first-order valence-electron chi connectivity index (χ1n) is 10.4. The summed E-state index contributed by atoms with van der Waals surface area (Å²) in [6, 6.07) is 17.6. The number of aryl methyl sites for hydroxylation is 1. The highest BCUT2D eigenvalue weighted by molar-refractivity contribution is 7.90. The second-order valence-corrected chi connectivity index (χ2v) is 11.4. The van der Waals surface area contributed by atoms with Gasteiger partial charge in [0, 0.05) is 17.5 Å². The van der Waals surface area contributed by atoms with Crippen LogP contribution >= 0.6 is 23.2 Å². The quantitative estimate of drug-likeness (QED) is 0.386. The molecule has 0 aromatic heterocycles. The number of hydrogen-bond acceptors (Lipinski definition) is 5. The van der Waals surface area contributed by atoms with Gasteiger partial charge in [0.2, 0.25) is 0 Å². The lowest BCUT2D eigenvalue weighted by Gasteiger charge is -2.19. The topological polar surface area (TPSA) is 92.8 Å². The highest BCUT2D eigenvalue weighted by Crippen LogP contribution is 2.31. The van der Waals surface area contributed by atoms with E-state index in [4.69, 9.17) is 33.9 Å². The number of aliphatic hydroxyl groups is 1. The molecule has 0 fully saturated rings. The predicted molar refractivity (Wildman–Crippen MR) is 141 cm³/mol. The van der Waals surface area contributed by atoms with Crippen LogP contribution in [0.15, 0.2) is 82.3 Å². The molecule has 0 aliphatic rings. The molecule has 0 spiro atoms. The lowest BCUT2D eigenvalue weighted by atomic mass is 10.0. The summed E-state index contributed by atoms with van der Waals surface area (Å²) in [6.45, 7) is 5.06. The molecule has 0 heterocycles. The Morgan fingerprint density at radius 1 is 1.00 bits per heavy atom. The van der Waals surface area contributed by atoms with Crippen LogP contribution in [0.25, 0.3) is 11.1 Å². The second kappa shape index (κ2) is 9.92. The first-order chi connectivity index (χ1) is 15.8. The number of sulfone groups is 1. The molecular formula is C26H26Cl2N2O3S.